The summed E-state index contributed by atoms with van der Waals surface area (Å²) in [5, 5.41) is 10.1. The first-order valence-electron chi connectivity index (χ1n) is 11.8. The van der Waals surface area contributed by atoms with Gasteiger partial charge in [0.25, 0.3) is 0 Å². The van der Waals surface area contributed by atoms with Gasteiger partial charge in [0.1, 0.15) is 5.78 Å². The van der Waals surface area contributed by atoms with Crippen LogP contribution in [0.5, 0.6) is 0 Å². The Morgan fingerprint density at radius 3 is 2.64 bits per heavy atom. The predicted molar refractivity (Wildman–Crippen MR) is 114 cm³/mol. The Morgan fingerprint density at radius 1 is 1.14 bits per heavy atom. The van der Waals surface area contributed by atoms with Crippen LogP contribution in [-0.4, -0.2) is 40.9 Å². The van der Waals surface area contributed by atoms with Gasteiger partial charge in [0, 0.05) is 31.8 Å². The molecule has 0 radical (unpaired) electrons. The number of carbonyl (C=O) groups excluding carboxylic acids is 2. The first-order chi connectivity index (χ1) is 13.6. The molecule has 0 bridgehead atoms. The molecule has 1 aliphatic heterocycles. The van der Waals surface area contributed by atoms with Gasteiger partial charge in [-0.3, -0.25) is 9.59 Å². The molecule has 1 amide bonds. The van der Waals surface area contributed by atoms with Crippen molar-refractivity contribution in [3.8, 4) is 0 Å². The van der Waals surface area contributed by atoms with E-state index in [1.807, 2.05) is 11.0 Å². The van der Waals surface area contributed by atoms with Gasteiger partial charge in [-0.1, -0.05) is 57.6 Å². The van der Waals surface area contributed by atoms with Crippen molar-refractivity contribution >= 4 is 11.7 Å². The van der Waals surface area contributed by atoms with Gasteiger partial charge in [0.2, 0.25) is 5.91 Å². The van der Waals surface area contributed by atoms with Crippen molar-refractivity contribution in [3.05, 3.63) is 12.2 Å². The molecule has 28 heavy (non-hydrogen) atoms. The Bertz CT molecular complexity index is 496. The number of Topliss-reactive ketones (excluding diaryl/α,β-unsaturated/α-hetero) is 1. The number of aliphatic hydroxyl groups is 1. The van der Waals surface area contributed by atoms with Crippen LogP contribution in [0.1, 0.15) is 96.8 Å². The molecule has 4 heteroatoms. The monoisotopic (exact) mass is 391 g/mol. The van der Waals surface area contributed by atoms with Crippen LogP contribution < -0.4 is 0 Å². The molecule has 0 unspecified atom stereocenters. The van der Waals surface area contributed by atoms with Crippen LogP contribution in [0.25, 0.3) is 0 Å². The smallest absolute Gasteiger partial charge is 0.222 e. The molecule has 0 aromatic rings. The van der Waals surface area contributed by atoms with E-state index in [0.717, 1.165) is 77.3 Å². The van der Waals surface area contributed by atoms with Crippen LogP contribution >= 0.6 is 0 Å². The summed E-state index contributed by atoms with van der Waals surface area (Å²) in [4.78, 5) is 26.3. The third-order valence-corrected chi connectivity index (χ3v) is 6.45. The molecule has 0 spiro atoms. The predicted octanol–water partition coefficient (Wildman–Crippen LogP) is 5.04. The molecule has 0 aromatic heterocycles. The van der Waals surface area contributed by atoms with Gasteiger partial charge in [-0.05, 0) is 44.4 Å². The highest BCUT2D eigenvalue weighted by Crippen LogP contribution is 2.34. The fraction of sp³-hybridized carbons (Fsp3) is 0.833. The van der Waals surface area contributed by atoms with Gasteiger partial charge >= 0.3 is 0 Å². The van der Waals surface area contributed by atoms with Crippen LogP contribution in [0.2, 0.25) is 0 Å². The van der Waals surface area contributed by atoms with Gasteiger partial charge < -0.3 is 10.0 Å². The molecule has 1 aliphatic carbocycles. The number of amides is 1. The van der Waals surface area contributed by atoms with Gasteiger partial charge in [0.15, 0.2) is 0 Å². The lowest BCUT2D eigenvalue weighted by atomic mass is 9.89. The SMILES string of the molecule is CCCCC[C@H](O)C=C[C@H]1CCC(=O)[C@@H]1CCCCCCC(=O)N1CCCC1. The summed E-state index contributed by atoms with van der Waals surface area (Å²) in [6, 6.07) is 0. The summed E-state index contributed by atoms with van der Waals surface area (Å²) in [7, 11) is 0. The number of carbonyl (C=O) groups is 2. The van der Waals surface area contributed by atoms with E-state index >= 15 is 0 Å². The van der Waals surface area contributed by atoms with Gasteiger partial charge in [-0.2, -0.15) is 0 Å². The molecular formula is C24H41NO3. The van der Waals surface area contributed by atoms with Crippen LogP contribution in [0.15, 0.2) is 12.2 Å². The molecule has 2 rings (SSSR count). The lowest BCUT2D eigenvalue weighted by molar-refractivity contribution is -0.130. The molecule has 1 heterocycles. The molecule has 160 valence electrons. The number of unbranched alkanes of at least 4 members (excludes halogenated alkanes) is 5. The van der Waals surface area contributed by atoms with E-state index in [2.05, 4.69) is 13.0 Å². The number of allylic oxidation sites excluding steroid dienone is 1. The minimum atomic E-state index is -0.365. The number of hydrogen-bond acceptors (Lipinski definition) is 3. The van der Waals surface area contributed by atoms with E-state index in [4.69, 9.17) is 0 Å². The zero-order chi connectivity index (χ0) is 20.2. The summed E-state index contributed by atoms with van der Waals surface area (Å²) >= 11 is 0. The second-order valence-corrected chi connectivity index (χ2v) is 8.76. The van der Waals surface area contributed by atoms with Crippen molar-refractivity contribution < 1.29 is 14.7 Å². The maximum atomic E-state index is 12.2. The summed E-state index contributed by atoms with van der Waals surface area (Å²) in [6.07, 6.45) is 17.7. The minimum Gasteiger partial charge on any atom is -0.389 e. The maximum Gasteiger partial charge on any atom is 0.222 e. The minimum absolute atomic E-state index is 0.144. The van der Waals surface area contributed by atoms with Crippen LogP contribution in [0, 0.1) is 11.8 Å². The molecule has 3 atom stereocenters. The van der Waals surface area contributed by atoms with Crippen molar-refractivity contribution in [2.45, 2.75) is 103 Å². The number of aliphatic hydroxyl groups excluding tert-OH is 1. The molecule has 1 N–H and O–H groups in total. The van der Waals surface area contributed by atoms with Crippen LogP contribution in [-0.2, 0) is 9.59 Å². The van der Waals surface area contributed by atoms with E-state index in [1.54, 1.807) is 0 Å². The van der Waals surface area contributed by atoms with Crippen molar-refractivity contribution in [1.82, 2.24) is 4.90 Å². The van der Waals surface area contributed by atoms with Crippen molar-refractivity contribution in [2.24, 2.45) is 11.8 Å². The van der Waals surface area contributed by atoms with Crippen molar-refractivity contribution in [3.63, 3.8) is 0 Å². The summed E-state index contributed by atoms with van der Waals surface area (Å²) in [5.74, 6) is 1.18. The highest BCUT2D eigenvalue weighted by molar-refractivity contribution is 5.83. The topological polar surface area (TPSA) is 57.6 Å². The van der Waals surface area contributed by atoms with E-state index in [9.17, 15) is 14.7 Å². The number of hydrogen-bond donors (Lipinski definition) is 1. The molecule has 0 aromatic carbocycles. The largest absolute Gasteiger partial charge is 0.389 e. The molecule has 2 fully saturated rings. The number of rotatable bonds is 13. The summed E-state index contributed by atoms with van der Waals surface area (Å²) in [6.45, 7) is 4.07. The van der Waals surface area contributed by atoms with Crippen molar-refractivity contribution in [1.29, 1.82) is 0 Å². The van der Waals surface area contributed by atoms with E-state index < -0.39 is 0 Å². The number of ketones is 1. The quantitative estimate of drug-likeness (QED) is 0.353. The third kappa shape index (κ3) is 8.06. The second kappa shape index (κ2) is 13.1. The van der Waals surface area contributed by atoms with Gasteiger partial charge in [-0.25, -0.2) is 0 Å². The van der Waals surface area contributed by atoms with Crippen LogP contribution in [0.3, 0.4) is 0 Å². The molecule has 2 aliphatic rings. The Balaban J connectivity index is 1.60. The molecular weight excluding hydrogens is 350 g/mol. The Labute approximate surface area is 171 Å². The van der Waals surface area contributed by atoms with Crippen molar-refractivity contribution in [2.75, 3.05) is 13.1 Å². The zero-order valence-electron chi connectivity index (χ0n) is 17.9. The van der Waals surface area contributed by atoms with E-state index in [-0.39, 0.29) is 12.0 Å². The van der Waals surface area contributed by atoms with Crippen LogP contribution in [0.4, 0.5) is 0 Å². The average Bonchev–Trinajstić information content (AvgIpc) is 3.33. The summed E-state index contributed by atoms with van der Waals surface area (Å²) < 4.78 is 0. The second-order valence-electron chi connectivity index (χ2n) is 8.76. The normalized spacial score (nSPS) is 23.8. The average molecular weight is 392 g/mol. The fourth-order valence-corrected chi connectivity index (χ4v) is 4.63. The highest BCUT2D eigenvalue weighted by Gasteiger charge is 2.32. The third-order valence-electron chi connectivity index (χ3n) is 6.45. The summed E-state index contributed by atoms with van der Waals surface area (Å²) in [5.41, 5.74) is 0. The maximum absolute atomic E-state index is 12.2. The fourth-order valence-electron chi connectivity index (χ4n) is 4.63. The van der Waals surface area contributed by atoms with Gasteiger partial charge in [0.05, 0.1) is 6.10 Å². The van der Waals surface area contributed by atoms with Gasteiger partial charge in [-0.15, -0.1) is 0 Å². The Kier molecular flexibility index (Phi) is 10.8. The first kappa shape index (κ1) is 23.1. The standard InChI is InChI=1S/C24H41NO3/c1-2-3-6-11-21(26)16-14-20-15-17-23(27)22(20)12-7-4-5-8-13-24(28)25-18-9-10-19-25/h14,16,20-22,26H,2-13,15,17-19H2,1H3/t20-,21-,22+/m0/s1. The zero-order valence-corrected chi connectivity index (χ0v) is 17.9. The van der Waals surface area contributed by atoms with E-state index in [0.29, 0.717) is 30.4 Å². The number of likely N-dealkylation sites (tertiary alicyclic amines) is 1. The lowest BCUT2D eigenvalue weighted by Gasteiger charge is -2.16. The van der Waals surface area contributed by atoms with E-state index in [1.165, 1.54) is 12.8 Å². The molecule has 1 saturated heterocycles. The lowest BCUT2D eigenvalue weighted by Crippen LogP contribution is -2.27. The first-order valence-corrected chi connectivity index (χ1v) is 11.8. The Morgan fingerprint density at radius 2 is 1.89 bits per heavy atom. The molecule has 4 nitrogen and oxygen atoms in total. The molecule has 1 saturated carbocycles. The number of nitrogens with zero attached hydrogens (tertiary/aromatic N) is 1. The highest BCUT2D eigenvalue weighted by atomic mass is 16.3. The Hall–Kier alpha value is -1.16.